The lowest BCUT2D eigenvalue weighted by Gasteiger charge is -2.40. The van der Waals surface area contributed by atoms with Crippen molar-refractivity contribution in [1.82, 2.24) is 29.7 Å². The SMILES string of the molecule is CCn1ccc(C(=O)N2C[C@H](c3nc(C)no3)C3(CCN(C)CC3)C2)n1. The maximum Gasteiger partial charge on any atom is 0.274 e. The fraction of sp³-hybridized carbons (Fsp3) is 0.667. The van der Waals surface area contributed by atoms with Crippen LogP contribution < -0.4 is 0 Å². The van der Waals surface area contributed by atoms with E-state index in [1.54, 1.807) is 10.7 Å². The Kier molecular flexibility index (Phi) is 4.30. The van der Waals surface area contributed by atoms with Crippen LogP contribution in [0.4, 0.5) is 0 Å². The molecule has 2 fully saturated rings. The molecule has 2 aliphatic rings. The highest BCUT2D eigenvalue weighted by Gasteiger charge is 2.52. The van der Waals surface area contributed by atoms with Crippen LogP contribution in [0.5, 0.6) is 0 Å². The molecule has 0 bridgehead atoms. The van der Waals surface area contributed by atoms with Crippen molar-refractivity contribution in [2.45, 2.75) is 39.2 Å². The van der Waals surface area contributed by atoms with Gasteiger partial charge in [-0.2, -0.15) is 10.1 Å². The zero-order chi connectivity index (χ0) is 18.3. The molecule has 2 aliphatic heterocycles. The Bertz CT molecular complexity index is 789. The van der Waals surface area contributed by atoms with E-state index in [1.165, 1.54) is 0 Å². The van der Waals surface area contributed by atoms with Gasteiger partial charge in [0.1, 0.15) is 5.69 Å². The maximum absolute atomic E-state index is 13.0. The van der Waals surface area contributed by atoms with Crippen molar-refractivity contribution in [3.05, 3.63) is 29.7 Å². The molecule has 26 heavy (non-hydrogen) atoms. The lowest BCUT2D eigenvalue weighted by atomic mass is 9.71. The molecule has 2 saturated heterocycles. The van der Waals surface area contributed by atoms with Crippen molar-refractivity contribution in [2.75, 3.05) is 33.2 Å². The Morgan fingerprint density at radius 2 is 2.15 bits per heavy atom. The molecule has 1 atom stereocenters. The van der Waals surface area contributed by atoms with Gasteiger partial charge in [-0.1, -0.05) is 5.16 Å². The van der Waals surface area contributed by atoms with E-state index in [1.807, 2.05) is 24.9 Å². The summed E-state index contributed by atoms with van der Waals surface area (Å²) in [5.74, 6) is 1.40. The number of piperidine rings is 1. The normalized spacial score (nSPS) is 23.0. The lowest BCUT2D eigenvalue weighted by molar-refractivity contribution is 0.0720. The summed E-state index contributed by atoms with van der Waals surface area (Å²) in [5.41, 5.74) is 0.520. The van der Waals surface area contributed by atoms with Gasteiger partial charge in [-0.05, 0) is 52.9 Å². The van der Waals surface area contributed by atoms with Gasteiger partial charge < -0.3 is 14.3 Å². The molecule has 2 aromatic heterocycles. The number of carbonyl (C=O) groups is 1. The van der Waals surface area contributed by atoms with Crippen LogP contribution in [0.15, 0.2) is 16.8 Å². The predicted molar refractivity (Wildman–Crippen MR) is 94.7 cm³/mol. The summed E-state index contributed by atoms with van der Waals surface area (Å²) in [6.45, 7) is 8.00. The van der Waals surface area contributed by atoms with Gasteiger partial charge >= 0.3 is 0 Å². The zero-order valence-corrected chi connectivity index (χ0v) is 15.7. The van der Waals surface area contributed by atoms with E-state index in [9.17, 15) is 4.79 Å². The lowest BCUT2D eigenvalue weighted by Crippen LogP contribution is -2.42. The summed E-state index contributed by atoms with van der Waals surface area (Å²) in [7, 11) is 2.15. The smallest absolute Gasteiger partial charge is 0.274 e. The van der Waals surface area contributed by atoms with E-state index < -0.39 is 0 Å². The molecule has 8 heteroatoms. The van der Waals surface area contributed by atoms with Gasteiger partial charge in [0.2, 0.25) is 5.89 Å². The van der Waals surface area contributed by atoms with Crippen LogP contribution in [-0.4, -0.2) is 68.9 Å². The molecule has 4 heterocycles. The number of likely N-dealkylation sites (tertiary alicyclic amines) is 2. The summed E-state index contributed by atoms with van der Waals surface area (Å²) in [5, 5.41) is 8.37. The Labute approximate surface area is 153 Å². The van der Waals surface area contributed by atoms with E-state index in [2.05, 4.69) is 27.2 Å². The number of amides is 1. The Morgan fingerprint density at radius 1 is 1.38 bits per heavy atom. The largest absolute Gasteiger partial charge is 0.339 e. The van der Waals surface area contributed by atoms with Crippen molar-refractivity contribution in [2.24, 2.45) is 5.41 Å². The average Bonchev–Trinajstić information content (AvgIpc) is 3.36. The summed E-state index contributed by atoms with van der Waals surface area (Å²) in [6.07, 6.45) is 3.92. The molecule has 0 N–H and O–H groups in total. The third-order valence-electron chi connectivity index (χ3n) is 5.94. The van der Waals surface area contributed by atoms with Crippen molar-refractivity contribution < 1.29 is 9.32 Å². The van der Waals surface area contributed by atoms with E-state index in [-0.39, 0.29) is 17.2 Å². The number of hydrogen-bond donors (Lipinski definition) is 0. The fourth-order valence-electron chi connectivity index (χ4n) is 4.30. The molecule has 0 unspecified atom stereocenters. The molecule has 1 amide bonds. The Morgan fingerprint density at radius 3 is 2.77 bits per heavy atom. The number of carbonyl (C=O) groups excluding carboxylic acids is 1. The van der Waals surface area contributed by atoms with Crippen LogP contribution in [0.25, 0.3) is 0 Å². The van der Waals surface area contributed by atoms with E-state index in [0.29, 0.717) is 24.0 Å². The quantitative estimate of drug-likeness (QED) is 0.828. The third kappa shape index (κ3) is 2.92. The summed E-state index contributed by atoms with van der Waals surface area (Å²) in [4.78, 5) is 21.8. The van der Waals surface area contributed by atoms with Gasteiger partial charge in [0, 0.05) is 31.2 Å². The van der Waals surface area contributed by atoms with Gasteiger partial charge in [0.15, 0.2) is 5.82 Å². The fourth-order valence-corrected chi connectivity index (χ4v) is 4.30. The first-order chi connectivity index (χ1) is 12.5. The van der Waals surface area contributed by atoms with Crippen LogP contribution >= 0.6 is 0 Å². The second kappa shape index (κ2) is 6.50. The minimum atomic E-state index is -0.00533. The van der Waals surface area contributed by atoms with Gasteiger partial charge in [0.25, 0.3) is 5.91 Å². The second-order valence-electron chi connectivity index (χ2n) is 7.64. The highest BCUT2D eigenvalue weighted by molar-refractivity contribution is 5.92. The van der Waals surface area contributed by atoms with Crippen molar-refractivity contribution >= 4 is 5.91 Å². The monoisotopic (exact) mass is 358 g/mol. The second-order valence-corrected chi connectivity index (χ2v) is 7.64. The molecule has 0 aliphatic carbocycles. The van der Waals surface area contributed by atoms with Crippen LogP contribution in [0.2, 0.25) is 0 Å². The highest BCUT2D eigenvalue weighted by Crippen LogP contribution is 2.49. The van der Waals surface area contributed by atoms with Crippen molar-refractivity contribution in [3.63, 3.8) is 0 Å². The minimum absolute atomic E-state index is 0.00533. The number of nitrogens with zero attached hydrogens (tertiary/aromatic N) is 6. The van der Waals surface area contributed by atoms with Crippen LogP contribution in [0, 0.1) is 12.3 Å². The minimum Gasteiger partial charge on any atom is -0.339 e. The first-order valence-electron chi connectivity index (χ1n) is 9.32. The Balaban J connectivity index is 1.61. The molecule has 140 valence electrons. The maximum atomic E-state index is 13.0. The van der Waals surface area contributed by atoms with Gasteiger partial charge in [-0.15, -0.1) is 0 Å². The number of rotatable bonds is 3. The molecular formula is C18H26N6O2. The number of hydrogen-bond acceptors (Lipinski definition) is 6. The molecule has 8 nitrogen and oxygen atoms in total. The summed E-state index contributed by atoms with van der Waals surface area (Å²) < 4.78 is 7.31. The van der Waals surface area contributed by atoms with E-state index in [4.69, 9.17) is 4.52 Å². The van der Waals surface area contributed by atoms with Crippen LogP contribution in [0.3, 0.4) is 0 Å². The molecule has 0 radical (unpaired) electrons. The van der Waals surface area contributed by atoms with Crippen LogP contribution in [0.1, 0.15) is 47.9 Å². The average molecular weight is 358 g/mol. The van der Waals surface area contributed by atoms with Gasteiger partial charge in [-0.3, -0.25) is 9.48 Å². The van der Waals surface area contributed by atoms with Gasteiger partial charge in [0.05, 0.1) is 5.92 Å². The molecular weight excluding hydrogens is 332 g/mol. The molecule has 0 saturated carbocycles. The highest BCUT2D eigenvalue weighted by atomic mass is 16.5. The van der Waals surface area contributed by atoms with Crippen LogP contribution in [-0.2, 0) is 6.54 Å². The molecule has 1 spiro atoms. The first kappa shape index (κ1) is 17.2. The topological polar surface area (TPSA) is 80.3 Å². The third-order valence-corrected chi connectivity index (χ3v) is 5.94. The zero-order valence-electron chi connectivity index (χ0n) is 15.7. The van der Waals surface area contributed by atoms with Crippen molar-refractivity contribution in [3.8, 4) is 0 Å². The molecule has 2 aromatic rings. The standard InChI is InChI=1S/C18H26N6O2/c1-4-24-8-5-15(20-24)17(25)23-11-14(16-19-13(2)21-26-16)18(12-23)6-9-22(3)10-7-18/h5,8,14H,4,6-7,9-12H2,1-3H3/t14-/m1/s1. The predicted octanol–water partition coefficient (Wildman–Crippen LogP) is 1.55. The summed E-state index contributed by atoms with van der Waals surface area (Å²) >= 11 is 0. The van der Waals surface area contributed by atoms with Gasteiger partial charge in [-0.25, -0.2) is 0 Å². The Hall–Kier alpha value is -2.22. The first-order valence-corrected chi connectivity index (χ1v) is 9.32. The van der Waals surface area contributed by atoms with Crippen molar-refractivity contribution in [1.29, 1.82) is 0 Å². The summed E-state index contributed by atoms with van der Waals surface area (Å²) in [6, 6.07) is 1.80. The molecule has 4 rings (SSSR count). The number of aryl methyl sites for hydroxylation is 2. The van der Waals surface area contributed by atoms with E-state index >= 15 is 0 Å². The molecule has 0 aromatic carbocycles. The number of aromatic nitrogens is 4. The van der Waals surface area contributed by atoms with E-state index in [0.717, 1.165) is 39.0 Å².